The summed E-state index contributed by atoms with van der Waals surface area (Å²) in [5.41, 5.74) is 0. The molecule has 1 aromatic rings. The Morgan fingerprint density at radius 1 is 1.00 bits per heavy atom. The molecule has 5 nitrogen and oxygen atoms in total. The first-order valence-corrected chi connectivity index (χ1v) is 10.6. The Labute approximate surface area is 156 Å². The van der Waals surface area contributed by atoms with Gasteiger partial charge in [-0.3, -0.25) is 0 Å². The maximum atomic E-state index is 12.2. The number of carbonyl (C=O) groups is 2. The summed E-state index contributed by atoms with van der Waals surface area (Å²) in [6.07, 6.45) is 2.27. The fraction of sp³-hybridized carbons (Fsp3) is 0.579. The molecule has 0 N–H and O–H groups in total. The molecule has 0 saturated heterocycles. The standard InChI is InChI=1S/C19H28O5Se/c1-4-7-13-24-17(25-15-11-9-8-10-12-15)14-16(18(20)22-5-2)19(21)23-6-3/h8-12,16-17H,4-7,13-14H2,1-3H3. The van der Waals surface area contributed by atoms with Crippen LogP contribution < -0.4 is 4.46 Å². The molecule has 0 aliphatic rings. The van der Waals surface area contributed by atoms with Gasteiger partial charge in [0.05, 0.1) is 0 Å². The molecule has 0 radical (unpaired) electrons. The Kier molecular flexibility index (Phi) is 11.2. The maximum absolute atomic E-state index is 12.2. The number of hydrogen-bond donors (Lipinski definition) is 0. The van der Waals surface area contributed by atoms with E-state index in [0.29, 0.717) is 6.61 Å². The van der Waals surface area contributed by atoms with E-state index in [2.05, 4.69) is 6.92 Å². The van der Waals surface area contributed by atoms with Crippen LogP contribution in [0.1, 0.15) is 40.0 Å². The summed E-state index contributed by atoms with van der Waals surface area (Å²) >= 11 is -0.00770. The molecule has 1 atom stereocenters. The first-order chi connectivity index (χ1) is 12.1. The summed E-state index contributed by atoms with van der Waals surface area (Å²) in [5.74, 6) is -2.00. The average Bonchev–Trinajstić information content (AvgIpc) is 2.60. The van der Waals surface area contributed by atoms with Gasteiger partial charge < -0.3 is 0 Å². The Morgan fingerprint density at radius 2 is 1.60 bits per heavy atom. The van der Waals surface area contributed by atoms with Crippen LogP contribution >= 0.6 is 0 Å². The third kappa shape index (κ3) is 8.52. The molecular weight excluding hydrogens is 387 g/mol. The van der Waals surface area contributed by atoms with Gasteiger partial charge >= 0.3 is 156 Å². The van der Waals surface area contributed by atoms with Gasteiger partial charge in [-0.2, -0.15) is 0 Å². The number of carbonyl (C=O) groups excluding carboxylic acids is 2. The Bertz CT molecular complexity index is 488. The van der Waals surface area contributed by atoms with Crippen LogP contribution in [0.15, 0.2) is 30.3 Å². The second-order valence-corrected chi connectivity index (χ2v) is 7.96. The zero-order valence-electron chi connectivity index (χ0n) is 15.2. The molecule has 25 heavy (non-hydrogen) atoms. The number of unbranched alkanes of at least 4 members (excludes halogenated alkanes) is 1. The normalized spacial score (nSPS) is 12.0. The zero-order chi connectivity index (χ0) is 18.5. The van der Waals surface area contributed by atoms with Gasteiger partial charge in [0, 0.05) is 0 Å². The van der Waals surface area contributed by atoms with Crippen LogP contribution in [0.25, 0.3) is 0 Å². The van der Waals surface area contributed by atoms with E-state index in [1.165, 1.54) is 4.46 Å². The first kappa shape index (κ1) is 21.7. The molecule has 0 aliphatic carbocycles. The van der Waals surface area contributed by atoms with Gasteiger partial charge in [-0.05, 0) is 0 Å². The molecule has 0 amide bonds. The number of hydrogen-bond acceptors (Lipinski definition) is 5. The van der Waals surface area contributed by atoms with E-state index >= 15 is 0 Å². The van der Waals surface area contributed by atoms with Crippen molar-refractivity contribution in [2.75, 3.05) is 19.8 Å². The molecule has 0 spiro atoms. The van der Waals surface area contributed by atoms with Crippen molar-refractivity contribution >= 4 is 31.4 Å². The van der Waals surface area contributed by atoms with Crippen molar-refractivity contribution in [3.63, 3.8) is 0 Å². The van der Waals surface area contributed by atoms with E-state index < -0.39 is 17.9 Å². The van der Waals surface area contributed by atoms with Gasteiger partial charge in [-0.25, -0.2) is 0 Å². The molecule has 0 saturated carbocycles. The zero-order valence-corrected chi connectivity index (χ0v) is 16.9. The third-order valence-electron chi connectivity index (χ3n) is 3.38. The van der Waals surface area contributed by atoms with Gasteiger partial charge in [0.25, 0.3) is 0 Å². The number of ether oxygens (including phenoxy) is 3. The molecular formula is C19H28O5Se. The number of esters is 2. The van der Waals surface area contributed by atoms with E-state index in [0.717, 1.165) is 12.8 Å². The van der Waals surface area contributed by atoms with Gasteiger partial charge in [-0.1, -0.05) is 0 Å². The molecule has 6 heteroatoms. The summed E-state index contributed by atoms with van der Waals surface area (Å²) in [4.78, 5) is 24.4. The van der Waals surface area contributed by atoms with E-state index in [4.69, 9.17) is 14.2 Å². The third-order valence-corrected chi connectivity index (χ3v) is 5.77. The molecule has 0 aromatic heterocycles. The SMILES string of the molecule is CCCCOC(CC(C(=O)OCC)C(=O)OCC)[Se]c1ccccc1. The molecule has 0 bridgehead atoms. The molecule has 140 valence electrons. The minimum absolute atomic E-state index is 0.00770. The van der Waals surface area contributed by atoms with Crippen molar-refractivity contribution in [1.29, 1.82) is 0 Å². The van der Waals surface area contributed by atoms with Crippen LogP contribution in [0.4, 0.5) is 0 Å². The van der Waals surface area contributed by atoms with E-state index in [-0.39, 0.29) is 39.6 Å². The minimum atomic E-state index is -0.933. The van der Waals surface area contributed by atoms with Gasteiger partial charge in [0.2, 0.25) is 0 Å². The van der Waals surface area contributed by atoms with E-state index in [9.17, 15) is 9.59 Å². The fourth-order valence-electron chi connectivity index (χ4n) is 2.13. The Balaban J connectivity index is 2.84. The Morgan fingerprint density at radius 3 is 2.12 bits per heavy atom. The summed E-state index contributed by atoms with van der Waals surface area (Å²) in [7, 11) is 0. The van der Waals surface area contributed by atoms with Crippen molar-refractivity contribution in [3.05, 3.63) is 30.3 Å². The van der Waals surface area contributed by atoms with Crippen LogP contribution in [0.2, 0.25) is 0 Å². The molecule has 0 heterocycles. The van der Waals surface area contributed by atoms with Crippen molar-refractivity contribution in [2.45, 2.75) is 45.0 Å². The first-order valence-electron chi connectivity index (χ1n) is 8.78. The molecule has 1 aromatic carbocycles. The molecule has 1 rings (SSSR count). The van der Waals surface area contributed by atoms with E-state index in [1.54, 1.807) is 13.8 Å². The van der Waals surface area contributed by atoms with Gasteiger partial charge in [-0.15, -0.1) is 0 Å². The van der Waals surface area contributed by atoms with Gasteiger partial charge in [0.15, 0.2) is 0 Å². The van der Waals surface area contributed by atoms with Crippen LogP contribution in [0.5, 0.6) is 0 Å². The predicted octanol–water partition coefficient (Wildman–Crippen LogP) is 2.29. The summed E-state index contributed by atoms with van der Waals surface area (Å²) in [5, 5.41) is -0.180. The summed E-state index contributed by atoms with van der Waals surface area (Å²) < 4.78 is 17.3. The second-order valence-electron chi connectivity index (χ2n) is 5.38. The van der Waals surface area contributed by atoms with Crippen molar-refractivity contribution in [1.82, 2.24) is 0 Å². The Hall–Kier alpha value is -1.36. The second kappa shape index (κ2) is 12.9. The molecule has 0 fully saturated rings. The number of benzene rings is 1. The summed E-state index contributed by atoms with van der Waals surface area (Å²) in [6.45, 7) is 6.64. The van der Waals surface area contributed by atoms with Gasteiger partial charge in [0.1, 0.15) is 0 Å². The van der Waals surface area contributed by atoms with Crippen molar-refractivity contribution in [3.8, 4) is 0 Å². The summed E-state index contributed by atoms with van der Waals surface area (Å²) in [6, 6.07) is 10.0. The van der Waals surface area contributed by atoms with Crippen LogP contribution in [0, 0.1) is 5.92 Å². The van der Waals surface area contributed by atoms with Crippen LogP contribution in [-0.4, -0.2) is 51.7 Å². The number of rotatable bonds is 12. The monoisotopic (exact) mass is 416 g/mol. The average molecular weight is 415 g/mol. The van der Waals surface area contributed by atoms with Crippen molar-refractivity contribution < 1.29 is 23.8 Å². The van der Waals surface area contributed by atoms with Crippen LogP contribution in [-0.2, 0) is 23.8 Å². The van der Waals surface area contributed by atoms with Crippen LogP contribution in [0.3, 0.4) is 0 Å². The molecule has 1 unspecified atom stereocenters. The van der Waals surface area contributed by atoms with Crippen molar-refractivity contribution in [2.24, 2.45) is 5.92 Å². The predicted molar refractivity (Wildman–Crippen MR) is 97.9 cm³/mol. The fourth-order valence-corrected chi connectivity index (χ4v) is 4.37. The quantitative estimate of drug-likeness (QED) is 0.227. The molecule has 0 aliphatic heterocycles. The van der Waals surface area contributed by atoms with E-state index in [1.807, 2.05) is 30.3 Å². The topological polar surface area (TPSA) is 61.8 Å².